The highest BCUT2D eigenvalue weighted by Crippen LogP contribution is 2.14. The summed E-state index contributed by atoms with van der Waals surface area (Å²) in [5.41, 5.74) is 1.92. The highest BCUT2D eigenvalue weighted by molar-refractivity contribution is 5.70. The largest absolute Gasteiger partial charge is 0.460 e. The summed E-state index contributed by atoms with van der Waals surface area (Å²) < 4.78 is 5.27. The molecule has 0 heterocycles. The molecule has 0 N–H and O–H groups in total. The topological polar surface area (TPSA) is 29.5 Å². The van der Waals surface area contributed by atoms with Crippen LogP contribution in [0.1, 0.15) is 32.8 Å². The van der Waals surface area contributed by atoms with E-state index in [1.165, 1.54) is 0 Å². The number of hydrogen-bond donors (Lipinski definition) is 0. The Morgan fingerprint density at radius 3 is 2.17 bits per heavy atom. The zero-order chi connectivity index (χ0) is 13.8. The standard InChI is InChI=1S/C15H23NO2/c1-15(2,3)18-14(17)11-8-12-6-9-13(10-7-12)16(4)5/h6-7,9-10H,8,11H2,1-5H3. The first-order valence-corrected chi connectivity index (χ1v) is 6.26. The molecule has 0 aliphatic carbocycles. The maximum absolute atomic E-state index is 11.6. The number of nitrogens with zero attached hydrogens (tertiary/aromatic N) is 1. The number of benzene rings is 1. The van der Waals surface area contributed by atoms with Gasteiger partial charge in [-0.2, -0.15) is 0 Å². The minimum absolute atomic E-state index is 0.140. The molecule has 100 valence electrons. The van der Waals surface area contributed by atoms with Crippen LogP contribution < -0.4 is 4.90 Å². The SMILES string of the molecule is CN(C)c1ccc(CCC(=O)OC(C)(C)C)cc1. The number of carbonyl (C=O) groups is 1. The van der Waals surface area contributed by atoms with Gasteiger partial charge in [-0.1, -0.05) is 12.1 Å². The lowest BCUT2D eigenvalue weighted by Gasteiger charge is -2.19. The summed E-state index contributed by atoms with van der Waals surface area (Å²) in [5, 5.41) is 0. The predicted molar refractivity (Wildman–Crippen MR) is 74.9 cm³/mol. The number of rotatable bonds is 4. The monoisotopic (exact) mass is 249 g/mol. The molecule has 0 aliphatic heterocycles. The van der Waals surface area contributed by atoms with Gasteiger partial charge in [0.1, 0.15) is 5.60 Å². The van der Waals surface area contributed by atoms with Gasteiger partial charge in [0, 0.05) is 26.2 Å². The second-order valence-corrected chi connectivity index (χ2v) is 5.65. The Kier molecular flexibility index (Phi) is 4.76. The lowest BCUT2D eigenvalue weighted by atomic mass is 10.1. The quantitative estimate of drug-likeness (QED) is 0.768. The zero-order valence-electron chi connectivity index (χ0n) is 12.0. The molecule has 0 spiro atoms. The average Bonchev–Trinajstić information content (AvgIpc) is 2.24. The van der Waals surface area contributed by atoms with Gasteiger partial charge in [-0.3, -0.25) is 4.79 Å². The van der Waals surface area contributed by atoms with Crippen LogP contribution in [0.4, 0.5) is 5.69 Å². The van der Waals surface area contributed by atoms with E-state index in [2.05, 4.69) is 29.2 Å². The summed E-state index contributed by atoms with van der Waals surface area (Å²) in [6.45, 7) is 5.66. The van der Waals surface area contributed by atoms with Gasteiger partial charge < -0.3 is 9.64 Å². The molecule has 3 nitrogen and oxygen atoms in total. The fourth-order valence-electron chi connectivity index (χ4n) is 1.60. The summed E-state index contributed by atoms with van der Waals surface area (Å²) in [6.07, 6.45) is 1.15. The van der Waals surface area contributed by atoms with Gasteiger partial charge in [0.15, 0.2) is 0 Å². The molecule has 18 heavy (non-hydrogen) atoms. The Hall–Kier alpha value is -1.51. The number of aryl methyl sites for hydroxylation is 1. The lowest BCUT2D eigenvalue weighted by molar-refractivity contribution is -0.154. The van der Waals surface area contributed by atoms with Crippen molar-refractivity contribution in [3.63, 3.8) is 0 Å². The van der Waals surface area contributed by atoms with Crippen LogP contribution in [0, 0.1) is 0 Å². The van der Waals surface area contributed by atoms with E-state index in [0.717, 1.165) is 17.7 Å². The number of hydrogen-bond acceptors (Lipinski definition) is 3. The van der Waals surface area contributed by atoms with Crippen molar-refractivity contribution >= 4 is 11.7 Å². The minimum Gasteiger partial charge on any atom is -0.460 e. The second-order valence-electron chi connectivity index (χ2n) is 5.65. The molecule has 1 aromatic rings. The van der Waals surface area contributed by atoms with E-state index < -0.39 is 5.60 Å². The van der Waals surface area contributed by atoms with Crippen molar-refractivity contribution in [1.29, 1.82) is 0 Å². The first kappa shape index (κ1) is 14.6. The van der Waals surface area contributed by atoms with E-state index in [0.29, 0.717) is 6.42 Å². The number of ether oxygens (including phenoxy) is 1. The summed E-state index contributed by atoms with van der Waals surface area (Å²) in [6, 6.07) is 8.23. The first-order valence-electron chi connectivity index (χ1n) is 6.26. The average molecular weight is 249 g/mol. The van der Waals surface area contributed by atoms with E-state index >= 15 is 0 Å². The van der Waals surface area contributed by atoms with Crippen molar-refractivity contribution in [2.75, 3.05) is 19.0 Å². The molecule has 0 aromatic heterocycles. The summed E-state index contributed by atoms with van der Waals surface area (Å²) in [7, 11) is 4.02. The van der Waals surface area contributed by atoms with Crippen molar-refractivity contribution < 1.29 is 9.53 Å². The summed E-state index contributed by atoms with van der Waals surface area (Å²) in [5.74, 6) is -0.140. The van der Waals surface area contributed by atoms with Crippen LogP contribution in [0.3, 0.4) is 0 Å². The fraction of sp³-hybridized carbons (Fsp3) is 0.533. The van der Waals surface area contributed by atoms with E-state index in [9.17, 15) is 4.79 Å². The van der Waals surface area contributed by atoms with Crippen LogP contribution in [-0.2, 0) is 16.0 Å². The van der Waals surface area contributed by atoms with Crippen LogP contribution in [0.5, 0.6) is 0 Å². The minimum atomic E-state index is -0.397. The molecule has 0 aliphatic rings. The van der Waals surface area contributed by atoms with Gasteiger partial charge in [0.2, 0.25) is 0 Å². The van der Waals surface area contributed by atoms with Crippen molar-refractivity contribution in [1.82, 2.24) is 0 Å². The molecule has 0 bridgehead atoms. The molecule has 1 rings (SSSR count). The molecule has 0 fully saturated rings. The van der Waals surface area contributed by atoms with Gasteiger partial charge in [0.05, 0.1) is 0 Å². The summed E-state index contributed by atoms with van der Waals surface area (Å²) in [4.78, 5) is 13.6. The maximum Gasteiger partial charge on any atom is 0.306 e. The normalized spacial score (nSPS) is 11.2. The molecule has 0 saturated heterocycles. The molecule has 0 amide bonds. The molecular weight excluding hydrogens is 226 g/mol. The molecule has 0 unspecified atom stereocenters. The Balaban J connectivity index is 2.46. The Morgan fingerprint density at radius 2 is 1.72 bits per heavy atom. The Labute approximate surface area is 110 Å². The lowest BCUT2D eigenvalue weighted by Crippen LogP contribution is -2.24. The first-order chi connectivity index (χ1) is 8.28. The van der Waals surface area contributed by atoms with Crippen molar-refractivity contribution in [3.8, 4) is 0 Å². The molecular formula is C15H23NO2. The van der Waals surface area contributed by atoms with Crippen molar-refractivity contribution in [2.45, 2.75) is 39.2 Å². The van der Waals surface area contributed by atoms with Crippen molar-refractivity contribution in [3.05, 3.63) is 29.8 Å². The van der Waals surface area contributed by atoms with Gasteiger partial charge >= 0.3 is 5.97 Å². The van der Waals surface area contributed by atoms with E-state index in [4.69, 9.17) is 4.74 Å². The van der Waals surface area contributed by atoms with Crippen LogP contribution in [0.2, 0.25) is 0 Å². The van der Waals surface area contributed by atoms with Crippen LogP contribution in [-0.4, -0.2) is 25.7 Å². The van der Waals surface area contributed by atoms with Gasteiger partial charge in [-0.05, 0) is 44.9 Å². The molecule has 3 heteroatoms. The molecule has 1 aromatic carbocycles. The smallest absolute Gasteiger partial charge is 0.306 e. The third kappa shape index (κ3) is 5.21. The van der Waals surface area contributed by atoms with Crippen LogP contribution in [0.15, 0.2) is 24.3 Å². The number of esters is 1. The third-order valence-electron chi connectivity index (χ3n) is 2.49. The molecule has 0 saturated carbocycles. The van der Waals surface area contributed by atoms with Crippen LogP contribution >= 0.6 is 0 Å². The maximum atomic E-state index is 11.6. The predicted octanol–water partition coefficient (Wildman–Crippen LogP) is 3.03. The van der Waals surface area contributed by atoms with Crippen molar-refractivity contribution in [2.24, 2.45) is 0 Å². The second kappa shape index (κ2) is 5.89. The van der Waals surface area contributed by atoms with E-state index in [1.807, 2.05) is 34.9 Å². The molecule has 0 radical (unpaired) electrons. The number of anilines is 1. The fourth-order valence-corrected chi connectivity index (χ4v) is 1.60. The van der Waals surface area contributed by atoms with Gasteiger partial charge in [-0.15, -0.1) is 0 Å². The zero-order valence-corrected chi connectivity index (χ0v) is 12.0. The van der Waals surface area contributed by atoms with E-state index in [-0.39, 0.29) is 5.97 Å². The van der Waals surface area contributed by atoms with Gasteiger partial charge in [0.25, 0.3) is 0 Å². The Bertz CT molecular complexity index is 388. The highest BCUT2D eigenvalue weighted by Gasteiger charge is 2.15. The third-order valence-corrected chi connectivity index (χ3v) is 2.49. The van der Waals surface area contributed by atoms with Gasteiger partial charge in [-0.25, -0.2) is 0 Å². The summed E-state index contributed by atoms with van der Waals surface area (Å²) >= 11 is 0. The Morgan fingerprint density at radius 1 is 1.17 bits per heavy atom. The van der Waals surface area contributed by atoms with E-state index in [1.54, 1.807) is 0 Å². The molecule has 0 atom stereocenters. The number of carbonyl (C=O) groups excluding carboxylic acids is 1. The van der Waals surface area contributed by atoms with Crippen LogP contribution in [0.25, 0.3) is 0 Å². The highest BCUT2D eigenvalue weighted by atomic mass is 16.6.